The molecule has 4 rings (SSSR count). The third-order valence-corrected chi connectivity index (χ3v) is 6.78. The van der Waals surface area contributed by atoms with Crippen LogP contribution in [0.1, 0.15) is 56.1 Å². The van der Waals surface area contributed by atoms with Gasteiger partial charge in [-0.15, -0.1) is 0 Å². The van der Waals surface area contributed by atoms with Crippen molar-refractivity contribution < 1.29 is 9.53 Å². The van der Waals surface area contributed by atoms with Crippen molar-refractivity contribution in [3.63, 3.8) is 0 Å². The molecule has 4 atom stereocenters. The minimum atomic E-state index is -0.0451. The van der Waals surface area contributed by atoms with Crippen molar-refractivity contribution >= 4 is 11.5 Å². The van der Waals surface area contributed by atoms with Crippen LogP contribution in [0, 0.1) is 17.3 Å². The summed E-state index contributed by atoms with van der Waals surface area (Å²) in [6, 6.07) is 4.28. The minimum absolute atomic E-state index is 0.0451. The van der Waals surface area contributed by atoms with Gasteiger partial charge in [-0.3, -0.25) is 4.79 Å². The number of benzene rings is 1. The zero-order chi connectivity index (χ0) is 15.5. The van der Waals surface area contributed by atoms with Crippen LogP contribution in [0.5, 0.6) is 5.75 Å². The van der Waals surface area contributed by atoms with Gasteiger partial charge in [-0.25, -0.2) is 0 Å². The minimum Gasteiger partial charge on any atom is -0.495 e. The number of ether oxygens (including phenoxy) is 1. The summed E-state index contributed by atoms with van der Waals surface area (Å²) < 4.78 is 5.44. The van der Waals surface area contributed by atoms with Gasteiger partial charge in [0.15, 0.2) is 0 Å². The van der Waals surface area contributed by atoms with Crippen molar-refractivity contribution in [1.82, 2.24) is 0 Å². The number of anilines is 1. The van der Waals surface area contributed by atoms with E-state index in [1.54, 1.807) is 7.11 Å². The molecule has 1 aromatic carbocycles. The van der Waals surface area contributed by atoms with Crippen LogP contribution in [0.25, 0.3) is 0 Å². The Morgan fingerprint density at radius 1 is 1.23 bits per heavy atom. The van der Waals surface area contributed by atoms with Gasteiger partial charge in [0.2, 0.25) is 0 Å². The van der Waals surface area contributed by atoms with Crippen LogP contribution >= 0.6 is 0 Å². The largest absolute Gasteiger partial charge is 0.495 e. The molecular weight excluding hydrogens is 274 g/mol. The Labute approximate surface area is 132 Å². The maximum Gasteiger partial charge on any atom is 0.142 e. The number of ketones is 1. The molecule has 0 spiro atoms. The van der Waals surface area contributed by atoms with Crippen LogP contribution in [0.3, 0.4) is 0 Å². The summed E-state index contributed by atoms with van der Waals surface area (Å²) in [5.41, 5.74) is 9.61. The molecule has 3 aliphatic rings. The second kappa shape index (κ2) is 4.74. The molecule has 0 bridgehead atoms. The predicted molar refractivity (Wildman–Crippen MR) is 87.0 cm³/mol. The second-order valence-electron chi connectivity index (χ2n) is 7.63. The highest BCUT2D eigenvalue weighted by atomic mass is 16.5. The maximum absolute atomic E-state index is 12.4. The van der Waals surface area contributed by atoms with Gasteiger partial charge in [0.25, 0.3) is 0 Å². The lowest BCUT2D eigenvalue weighted by molar-refractivity contribution is -0.129. The molecule has 1 aromatic rings. The molecule has 2 N–H and O–H groups in total. The van der Waals surface area contributed by atoms with E-state index in [0.717, 1.165) is 43.5 Å². The normalized spacial score (nSPS) is 36.5. The van der Waals surface area contributed by atoms with E-state index in [0.29, 0.717) is 23.5 Å². The Balaban J connectivity index is 1.74. The van der Waals surface area contributed by atoms with Crippen molar-refractivity contribution in [2.45, 2.75) is 51.4 Å². The maximum atomic E-state index is 12.4. The predicted octanol–water partition coefficient (Wildman–Crippen LogP) is 3.70. The monoisotopic (exact) mass is 299 g/mol. The topological polar surface area (TPSA) is 52.3 Å². The molecule has 3 heteroatoms. The number of rotatable bonds is 1. The first-order chi connectivity index (χ1) is 10.5. The number of carbonyl (C=O) groups is 1. The summed E-state index contributed by atoms with van der Waals surface area (Å²) in [5, 5.41) is 0. The van der Waals surface area contributed by atoms with Crippen molar-refractivity contribution in [2.75, 3.05) is 12.8 Å². The van der Waals surface area contributed by atoms with Gasteiger partial charge in [-0.1, -0.05) is 6.92 Å². The van der Waals surface area contributed by atoms with Crippen LogP contribution in [0.4, 0.5) is 5.69 Å². The van der Waals surface area contributed by atoms with E-state index in [1.165, 1.54) is 17.5 Å². The third kappa shape index (κ3) is 1.77. The molecule has 118 valence electrons. The summed E-state index contributed by atoms with van der Waals surface area (Å²) in [4.78, 5) is 12.4. The number of nitrogens with two attached hydrogens (primary N) is 1. The van der Waals surface area contributed by atoms with Crippen molar-refractivity contribution in [2.24, 2.45) is 17.3 Å². The highest BCUT2D eigenvalue weighted by molar-refractivity contribution is 5.87. The fraction of sp³-hybridized carbons (Fsp3) is 0.632. The molecule has 0 aliphatic heterocycles. The average molecular weight is 299 g/mol. The quantitative estimate of drug-likeness (QED) is 0.804. The zero-order valence-corrected chi connectivity index (χ0v) is 13.5. The molecule has 4 unspecified atom stereocenters. The number of hydrogen-bond donors (Lipinski definition) is 1. The SMILES string of the molecule is COc1cc2c(cc1N)CCC1C2CCC2(C)C(=O)CCC12. The van der Waals surface area contributed by atoms with Gasteiger partial charge in [0, 0.05) is 11.8 Å². The zero-order valence-electron chi connectivity index (χ0n) is 13.5. The van der Waals surface area contributed by atoms with E-state index in [2.05, 4.69) is 19.1 Å². The fourth-order valence-corrected chi connectivity index (χ4v) is 5.57. The Hall–Kier alpha value is -1.51. The Morgan fingerprint density at radius 2 is 2.05 bits per heavy atom. The van der Waals surface area contributed by atoms with Gasteiger partial charge in [0.05, 0.1) is 12.8 Å². The van der Waals surface area contributed by atoms with Crippen LogP contribution in [-0.4, -0.2) is 12.9 Å². The lowest BCUT2D eigenvalue weighted by Crippen LogP contribution is -2.42. The molecule has 22 heavy (non-hydrogen) atoms. The summed E-state index contributed by atoms with van der Waals surface area (Å²) in [7, 11) is 1.69. The molecule has 0 saturated heterocycles. The molecule has 0 aromatic heterocycles. The first kappa shape index (κ1) is 14.1. The number of fused-ring (bicyclic) bond motifs is 5. The number of methoxy groups -OCH3 is 1. The molecule has 2 saturated carbocycles. The van der Waals surface area contributed by atoms with Crippen molar-refractivity contribution in [3.05, 3.63) is 23.3 Å². The van der Waals surface area contributed by atoms with E-state index < -0.39 is 0 Å². The van der Waals surface area contributed by atoms with E-state index in [1.807, 2.05) is 0 Å². The first-order valence-electron chi connectivity index (χ1n) is 8.54. The number of carbonyl (C=O) groups excluding carboxylic acids is 1. The van der Waals surface area contributed by atoms with E-state index in [9.17, 15) is 4.79 Å². The van der Waals surface area contributed by atoms with E-state index >= 15 is 0 Å². The van der Waals surface area contributed by atoms with E-state index in [-0.39, 0.29) is 5.41 Å². The number of hydrogen-bond acceptors (Lipinski definition) is 3. The lowest BCUT2D eigenvalue weighted by Gasteiger charge is -2.48. The highest BCUT2D eigenvalue weighted by Gasteiger charge is 2.54. The van der Waals surface area contributed by atoms with E-state index in [4.69, 9.17) is 10.5 Å². The highest BCUT2D eigenvalue weighted by Crippen LogP contribution is 2.59. The average Bonchev–Trinajstić information content (AvgIpc) is 2.82. The van der Waals surface area contributed by atoms with Crippen molar-refractivity contribution in [1.29, 1.82) is 0 Å². The molecule has 3 nitrogen and oxygen atoms in total. The Bertz CT molecular complexity index is 639. The van der Waals surface area contributed by atoms with Crippen LogP contribution in [0.15, 0.2) is 12.1 Å². The molecule has 2 fully saturated rings. The first-order valence-corrected chi connectivity index (χ1v) is 8.54. The van der Waals surface area contributed by atoms with Gasteiger partial charge < -0.3 is 10.5 Å². The van der Waals surface area contributed by atoms with Crippen molar-refractivity contribution in [3.8, 4) is 5.75 Å². The standard InChI is InChI=1S/C19H25NO2/c1-19-8-7-12-13(15(19)5-6-18(19)21)4-3-11-9-16(20)17(22-2)10-14(11)12/h9-10,12-13,15H,3-8,20H2,1-2H3. The van der Waals surface area contributed by atoms with Gasteiger partial charge in [-0.05, 0) is 73.1 Å². The lowest BCUT2D eigenvalue weighted by atomic mass is 9.55. The molecule has 3 aliphatic carbocycles. The van der Waals surface area contributed by atoms with Crippen LogP contribution in [-0.2, 0) is 11.2 Å². The second-order valence-corrected chi connectivity index (χ2v) is 7.63. The molecule has 0 radical (unpaired) electrons. The van der Waals surface area contributed by atoms with Crippen LogP contribution in [0.2, 0.25) is 0 Å². The molecule has 0 heterocycles. The van der Waals surface area contributed by atoms with Crippen LogP contribution < -0.4 is 10.5 Å². The summed E-state index contributed by atoms with van der Waals surface area (Å²) in [6.45, 7) is 2.22. The van der Waals surface area contributed by atoms with Gasteiger partial charge >= 0.3 is 0 Å². The summed E-state index contributed by atoms with van der Waals surface area (Å²) in [6.07, 6.45) is 6.36. The number of nitrogen functional groups attached to an aromatic ring is 1. The van der Waals surface area contributed by atoms with Gasteiger partial charge in [-0.2, -0.15) is 0 Å². The summed E-state index contributed by atoms with van der Waals surface area (Å²) >= 11 is 0. The molecule has 0 amide bonds. The van der Waals surface area contributed by atoms with Gasteiger partial charge in [0.1, 0.15) is 11.5 Å². The molecular formula is C19H25NO2. The smallest absolute Gasteiger partial charge is 0.142 e. The Morgan fingerprint density at radius 3 is 2.82 bits per heavy atom. The third-order valence-electron chi connectivity index (χ3n) is 6.78. The fourth-order valence-electron chi connectivity index (χ4n) is 5.57. The number of Topliss-reactive ketones (excluding diaryl/α,β-unsaturated/α-hetero) is 1. The summed E-state index contributed by atoms with van der Waals surface area (Å²) in [5.74, 6) is 3.13. The number of aryl methyl sites for hydroxylation is 1. The Kier molecular flexibility index (Phi) is 3.04.